The first-order valence-electron chi connectivity index (χ1n) is 2.55. The van der Waals surface area contributed by atoms with E-state index in [1.54, 1.807) is 0 Å². The summed E-state index contributed by atoms with van der Waals surface area (Å²) in [7, 11) is 0. The van der Waals surface area contributed by atoms with Gasteiger partial charge in [0.1, 0.15) is 6.79 Å². The lowest BCUT2D eigenvalue weighted by Gasteiger charge is -1.98. The van der Waals surface area contributed by atoms with Gasteiger partial charge in [-0.05, 0) is 0 Å². The van der Waals surface area contributed by atoms with Crippen LogP contribution in [0.25, 0.3) is 0 Å². The summed E-state index contributed by atoms with van der Waals surface area (Å²) in [5, 5.41) is 8.57. The molecule has 2 amide bonds. The molecule has 0 unspecified atom stereocenters. The van der Waals surface area contributed by atoms with Gasteiger partial charge >= 0.3 is 0 Å². The SMILES string of the molecule is C=O.O=C1CCC(=O)N1O. The maximum atomic E-state index is 10.2. The molecule has 1 aliphatic rings. The maximum Gasteiger partial charge on any atom is 0.253 e. The van der Waals surface area contributed by atoms with Gasteiger partial charge in [0.05, 0.1) is 0 Å². The summed E-state index contributed by atoms with van der Waals surface area (Å²) < 4.78 is 0. The molecule has 5 nitrogen and oxygen atoms in total. The third kappa shape index (κ3) is 1.63. The van der Waals surface area contributed by atoms with Crippen LogP contribution in [0.3, 0.4) is 0 Å². The third-order valence-corrected chi connectivity index (χ3v) is 1.03. The van der Waals surface area contributed by atoms with E-state index in [0.29, 0.717) is 0 Å². The highest BCUT2D eigenvalue weighted by Crippen LogP contribution is 2.06. The average Bonchev–Trinajstić information content (AvgIpc) is 2.25. The number of hydrogen-bond donors (Lipinski definition) is 1. The summed E-state index contributed by atoms with van der Waals surface area (Å²) >= 11 is 0. The normalized spacial score (nSPS) is 16.7. The Hall–Kier alpha value is -1.23. The number of rotatable bonds is 0. The minimum atomic E-state index is -0.505. The molecule has 10 heavy (non-hydrogen) atoms. The molecular formula is C5H7NO4. The number of hydrogen-bond acceptors (Lipinski definition) is 4. The summed E-state index contributed by atoms with van der Waals surface area (Å²) in [5.74, 6) is -1.01. The predicted octanol–water partition coefficient (Wildman–Crippen LogP) is -0.660. The van der Waals surface area contributed by atoms with E-state index in [9.17, 15) is 9.59 Å². The van der Waals surface area contributed by atoms with Crippen molar-refractivity contribution in [1.82, 2.24) is 5.06 Å². The van der Waals surface area contributed by atoms with Gasteiger partial charge in [-0.3, -0.25) is 14.8 Å². The number of hydroxylamine groups is 2. The number of imide groups is 1. The Balaban J connectivity index is 0.000000371. The highest BCUT2D eigenvalue weighted by atomic mass is 16.5. The monoisotopic (exact) mass is 145 g/mol. The van der Waals surface area contributed by atoms with Gasteiger partial charge < -0.3 is 4.79 Å². The quantitative estimate of drug-likeness (QED) is 0.362. The molecule has 56 valence electrons. The molecular weight excluding hydrogens is 138 g/mol. The number of carbonyl (C=O) groups excluding carboxylic acids is 3. The van der Waals surface area contributed by atoms with Crippen LogP contribution >= 0.6 is 0 Å². The Morgan fingerprint density at radius 1 is 1.20 bits per heavy atom. The van der Waals surface area contributed by atoms with Gasteiger partial charge in [-0.2, -0.15) is 5.06 Å². The lowest BCUT2D eigenvalue weighted by Crippen LogP contribution is -2.24. The maximum absolute atomic E-state index is 10.2. The van der Waals surface area contributed by atoms with E-state index in [0.717, 1.165) is 0 Å². The van der Waals surface area contributed by atoms with Crippen LogP contribution in [0.1, 0.15) is 12.8 Å². The molecule has 1 N–H and O–H groups in total. The molecule has 1 rings (SSSR count). The van der Waals surface area contributed by atoms with Crippen molar-refractivity contribution >= 4 is 18.6 Å². The number of nitrogens with zero attached hydrogens (tertiary/aromatic N) is 1. The van der Waals surface area contributed by atoms with Crippen molar-refractivity contribution < 1.29 is 19.6 Å². The van der Waals surface area contributed by atoms with Gasteiger partial charge in [0, 0.05) is 12.8 Å². The fraction of sp³-hybridized carbons (Fsp3) is 0.400. The van der Waals surface area contributed by atoms with Crippen molar-refractivity contribution in [3.8, 4) is 0 Å². The first-order chi connectivity index (χ1) is 4.72. The van der Waals surface area contributed by atoms with Crippen LogP contribution in [0.4, 0.5) is 0 Å². The van der Waals surface area contributed by atoms with Gasteiger partial charge in [0.25, 0.3) is 11.8 Å². The largest absolute Gasteiger partial charge is 0.307 e. The van der Waals surface area contributed by atoms with Gasteiger partial charge in [-0.15, -0.1) is 0 Å². The van der Waals surface area contributed by atoms with E-state index in [1.165, 1.54) is 0 Å². The molecule has 0 saturated carbocycles. The average molecular weight is 145 g/mol. The van der Waals surface area contributed by atoms with Crippen molar-refractivity contribution in [2.75, 3.05) is 0 Å². The zero-order valence-corrected chi connectivity index (χ0v) is 5.24. The van der Waals surface area contributed by atoms with Crippen LogP contribution in [0, 0.1) is 0 Å². The molecule has 0 aromatic rings. The van der Waals surface area contributed by atoms with Crippen LogP contribution in [0.5, 0.6) is 0 Å². The van der Waals surface area contributed by atoms with E-state index in [2.05, 4.69) is 0 Å². The Kier molecular flexibility index (Phi) is 3.27. The molecule has 1 fully saturated rings. The van der Waals surface area contributed by atoms with Gasteiger partial charge in [0.15, 0.2) is 0 Å². The standard InChI is InChI=1S/C4H5NO3.CH2O/c6-3-1-2-4(7)5(3)8;1-2/h8H,1-2H2;1H2. The molecule has 0 aliphatic carbocycles. The second-order valence-electron chi connectivity index (χ2n) is 1.60. The Labute approximate surface area is 57.2 Å². The molecule has 1 saturated heterocycles. The van der Waals surface area contributed by atoms with Crippen molar-refractivity contribution in [2.45, 2.75) is 12.8 Å². The predicted molar refractivity (Wildman–Crippen MR) is 30.0 cm³/mol. The van der Waals surface area contributed by atoms with Crippen LogP contribution in [0.15, 0.2) is 0 Å². The van der Waals surface area contributed by atoms with Crippen LogP contribution in [-0.4, -0.2) is 28.9 Å². The smallest absolute Gasteiger partial charge is 0.253 e. The first-order valence-corrected chi connectivity index (χ1v) is 2.55. The fourth-order valence-electron chi connectivity index (χ4n) is 0.565. The van der Waals surface area contributed by atoms with E-state index in [-0.39, 0.29) is 17.9 Å². The molecule has 0 atom stereocenters. The zero-order valence-electron chi connectivity index (χ0n) is 5.24. The minimum absolute atomic E-state index is 0.148. The van der Waals surface area contributed by atoms with Gasteiger partial charge in [-0.1, -0.05) is 0 Å². The highest BCUT2D eigenvalue weighted by Gasteiger charge is 2.26. The van der Waals surface area contributed by atoms with Crippen LogP contribution in [-0.2, 0) is 14.4 Å². The Bertz CT molecular complexity index is 140. The molecule has 0 aromatic heterocycles. The Morgan fingerprint density at radius 2 is 1.50 bits per heavy atom. The molecule has 0 spiro atoms. The minimum Gasteiger partial charge on any atom is -0.307 e. The van der Waals surface area contributed by atoms with E-state index in [1.807, 2.05) is 6.79 Å². The molecule has 0 aromatic carbocycles. The topological polar surface area (TPSA) is 74.7 Å². The third-order valence-electron chi connectivity index (χ3n) is 1.03. The zero-order chi connectivity index (χ0) is 8.15. The lowest BCUT2D eigenvalue weighted by atomic mass is 10.4. The van der Waals surface area contributed by atoms with Crippen molar-refractivity contribution in [3.05, 3.63) is 0 Å². The summed E-state index contributed by atoms with van der Waals surface area (Å²) in [4.78, 5) is 28.5. The summed E-state index contributed by atoms with van der Waals surface area (Å²) in [6.07, 6.45) is 0.296. The molecule has 0 radical (unpaired) electrons. The van der Waals surface area contributed by atoms with Crippen LogP contribution in [0.2, 0.25) is 0 Å². The van der Waals surface area contributed by atoms with Crippen molar-refractivity contribution in [3.63, 3.8) is 0 Å². The summed E-state index contributed by atoms with van der Waals surface area (Å²) in [6, 6.07) is 0. The van der Waals surface area contributed by atoms with E-state index >= 15 is 0 Å². The second-order valence-corrected chi connectivity index (χ2v) is 1.60. The highest BCUT2D eigenvalue weighted by molar-refractivity contribution is 6.00. The Morgan fingerprint density at radius 3 is 1.60 bits per heavy atom. The lowest BCUT2D eigenvalue weighted by molar-refractivity contribution is -0.171. The molecule has 5 heteroatoms. The van der Waals surface area contributed by atoms with Gasteiger partial charge in [0.2, 0.25) is 0 Å². The van der Waals surface area contributed by atoms with Crippen molar-refractivity contribution in [2.24, 2.45) is 0 Å². The van der Waals surface area contributed by atoms with E-state index in [4.69, 9.17) is 10.0 Å². The molecule has 1 heterocycles. The van der Waals surface area contributed by atoms with E-state index < -0.39 is 11.8 Å². The summed E-state index contributed by atoms with van der Waals surface area (Å²) in [6.45, 7) is 2.00. The van der Waals surface area contributed by atoms with Crippen LogP contribution < -0.4 is 0 Å². The molecule has 0 bridgehead atoms. The first kappa shape index (κ1) is 8.77. The molecule has 1 aliphatic heterocycles. The van der Waals surface area contributed by atoms with Crippen molar-refractivity contribution in [1.29, 1.82) is 0 Å². The second kappa shape index (κ2) is 3.73. The van der Waals surface area contributed by atoms with Gasteiger partial charge in [-0.25, -0.2) is 0 Å². The number of carbonyl (C=O) groups is 3. The summed E-state index contributed by atoms with van der Waals surface area (Å²) in [5.41, 5.74) is 0. The fourth-order valence-corrected chi connectivity index (χ4v) is 0.565. The number of amides is 2.